The molecule has 35 heavy (non-hydrogen) atoms. The Morgan fingerprint density at radius 3 is 2.46 bits per heavy atom. The smallest absolute Gasteiger partial charge is 0.251 e. The van der Waals surface area contributed by atoms with Gasteiger partial charge in [0.15, 0.2) is 0 Å². The molecule has 0 bridgehead atoms. The van der Waals surface area contributed by atoms with Gasteiger partial charge in [0.25, 0.3) is 5.91 Å². The van der Waals surface area contributed by atoms with E-state index in [9.17, 15) is 4.79 Å². The van der Waals surface area contributed by atoms with Gasteiger partial charge in [0, 0.05) is 44.0 Å². The van der Waals surface area contributed by atoms with E-state index in [1.54, 1.807) is 0 Å². The molecular formula is C30H36ClN3O. The lowest BCUT2D eigenvalue weighted by Gasteiger charge is -2.37. The molecule has 2 aliphatic rings. The van der Waals surface area contributed by atoms with Crippen molar-refractivity contribution in [2.45, 2.75) is 33.1 Å². The summed E-state index contributed by atoms with van der Waals surface area (Å²) in [6, 6.07) is 21.3. The summed E-state index contributed by atoms with van der Waals surface area (Å²) in [6.45, 7) is 10.7. The van der Waals surface area contributed by atoms with Crippen molar-refractivity contribution in [1.82, 2.24) is 10.2 Å². The van der Waals surface area contributed by atoms with Crippen molar-refractivity contribution in [1.29, 1.82) is 0 Å². The third kappa shape index (κ3) is 5.55. The van der Waals surface area contributed by atoms with Gasteiger partial charge >= 0.3 is 0 Å². The van der Waals surface area contributed by atoms with E-state index in [0.717, 1.165) is 64.1 Å². The number of unbranched alkanes of at least 4 members (excludes halogenated alkanes) is 1. The fourth-order valence-electron chi connectivity index (χ4n) is 5.34. The number of nitrogens with one attached hydrogen (secondary N) is 1. The van der Waals surface area contributed by atoms with Crippen LogP contribution in [0.1, 0.15) is 45.5 Å². The molecule has 5 rings (SSSR count). The molecule has 3 aromatic carbocycles. The summed E-state index contributed by atoms with van der Waals surface area (Å²) >= 11 is 0. The predicted octanol–water partition coefficient (Wildman–Crippen LogP) is 5.63. The highest BCUT2D eigenvalue weighted by Crippen LogP contribution is 2.36. The standard InChI is InChI=1S/C30H35N3O.ClH/c1-22-8-7-11-29(23(22)2)33-18-16-32(17-19-33)15-6-5-14-31-30(34)25-12-13-28-26(21-25)20-24-9-3-4-10-27(24)28;/h3-4,7-13,21H,5-6,14-20H2,1-2H3,(H,31,34);1H. The van der Waals surface area contributed by atoms with Gasteiger partial charge in [-0.2, -0.15) is 0 Å². The van der Waals surface area contributed by atoms with E-state index in [4.69, 9.17) is 0 Å². The van der Waals surface area contributed by atoms with Crippen LogP contribution in [-0.4, -0.2) is 50.1 Å². The van der Waals surface area contributed by atoms with E-state index in [2.05, 4.69) is 83.6 Å². The van der Waals surface area contributed by atoms with Crippen molar-refractivity contribution in [2.75, 3.05) is 44.2 Å². The molecule has 3 aromatic rings. The van der Waals surface area contributed by atoms with Crippen molar-refractivity contribution in [3.8, 4) is 11.1 Å². The minimum absolute atomic E-state index is 0. The number of piperazine rings is 1. The number of rotatable bonds is 7. The van der Waals surface area contributed by atoms with E-state index in [1.165, 1.54) is 39.1 Å². The van der Waals surface area contributed by atoms with Crippen LogP contribution in [0.3, 0.4) is 0 Å². The normalized spacial score (nSPS) is 14.7. The average molecular weight is 490 g/mol. The maximum atomic E-state index is 12.7. The molecular weight excluding hydrogens is 454 g/mol. The van der Waals surface area contributed by atoms with Gasteiger partial charge in [0.2, 0.25) is 0 Å². The zero-order valence-corrected chi connectivity index (χ0v) is 21.7. The van der Waals surface area contributed by atoms with Gasteiger partial charge in [-0.15, -0.1) is 12.4 Å². The van der Waals surface area contributed by atoms with Crippen LogP contribution in [0.5, 0.6) is 0 Å². The van der Waals surface area contributed by atoms with Crippen molar-refractivity contribution < 1.29 is 4.79 Å². The lowest BCUT2D eigenvalue weighted by atomic mass is 10.0. The maximum absolute atomic E-state index is 12.7. The number of anilines is 1. The lowest BCUT2D eigenvalue weighted by Crippen LogP contribution is -2.47. The third-order valence-electron chi connectivity index (χ3n) is 7.53. The predicted molar refractivity (Wildman–Crippen MR) is 148 cm³/mol. The molecule has 184 valence electrons. The van der Waals surface area contributed by atoms with Crippen LogP contribution in [0.4, 0.5) is 5.69 Å². The van der Waals surface area contributed by atoms with Gasteiger partial charge in [-0.3, -0.25) is 9.69 Å². The molecule has 1 fully saturated rings. The molecule has 0 saturated carbocycles. The molecule has 1 N–H and O–H groups in total. The number of hydrogen-bond acceptors (Lipinski definition) is 3. The van der Waals surface area contributed by atoms with E-state index in [0.29, 0.717) is 0 Å². The summed E-state index contributed by atoms with van der Waals surface area (Å²) in [6.07, 6.45) is 3.05. The summed E-state index contributed by atoms with van der Waals surface area (Å²) in [5, 5.41) is 3.12. The Hall–Kier alpha value is -2.82. The zero-order chi connectivity index (χ0) is 23.5. The monoisotopic (exact) mass is 489 g/mol. The van der Waals surface area contributed by atoms with E-state index >= 15 is 0 Å². The first-order valence-electron chi connectivity index (χ1n) is 12.6. The number of hydrogen-bond donors (Lipinski definition) is 1. The first-order chi connectivity index (χ1) is 16.6. The van der Waals surface area contributed by atoms with E-state index in [-0.39, 0.29) is 18.3 Å². The molecule has 0 spiro atoms. The van der Waals surface area contributed by atoms with Gasteiger partial charge < -0.3 is 10.2 Å². The largest absolute Gasteiger partial charge is 0.369 e. The van der Waals surface area contributed by atoms with Crippen LogP contribution in [0.25, 0.3) is 11.1 Å². The number of carbonyl (C=O) groups is 1. The Labute approximate surface area is 215 Å². The van der Waals surface area contributed by atoms with Crippen LogP contribution >= 0.6 is 12.4 Å². The Morgan fingerprint density at radius 2 is 1.63 bits per heavy atom. The first kappa shape index (κ1) is 25.3. The Balaban J connectivity index is 0.00000289. The number of nitrogens with zero attached hydrogens (tertiary/aromatic N) is 2. The highest BCUT2D eigenvalue weighted by Gasteiger charge is 2.20. The molecule has 1 aliphatic heterocycles. The maximum Gasteiger partial charge on any atom is 0.251 e. The average Bonchev–Trinajstić information content (AvgIpc) is 3.24. The number of halogens is 1. The molecule has 1 aliphatic carbocycles. The topological polar surface area (TPSA) is 35.6 Å². The van der Waals surface area contributed by atoms with Crippen LogP contribution in [-0.2, 0) is 6.42 Å². The summed E-state index contributed by atoms with van der Waals surface area (Å²) in [4.78, 5) is 17.8. The fourth-order valence-corrected chi connectivity index (χ4v) is 5.34. The van der Waals surface area contributed by atoms with Gasteiger partial charge in [-0.1, -0.05) is 42.5 Å². The van der Waals surface area contributed by atoms with Gasteiger partial charge in [0.05, 0.1) is 0 Å². The second-order valence-electron chi connectivity index (χ2n) is 9.72. The molecule has 0 atom stereocenters. The Morgan fingerprint density at radius 1 is 0.857 bits per heavy atom. The van der Waals surface area contributed by atoms with Crippen LogP contribution in [0.2, 0.25) is 0 Å². The van der Waals surface area contributed by atoms with Crippen LogP contribution < -0.4 is 10.2 Å². The summed E-state index contributed by atoms with van der Waals surface area (Å²) in [5.41, 5.74) is 10.1. The number of carbonyl (C=O) groups excluding carboxylic acids is 1. The number of benzene rings is 3. The zero-order valence-electron chi connectivity index (χ0n) is 20.8. The molecule has 1 amide bonds. The van der Waals surface area contributed by atoms with Crippen LogP contribution in [0, 0.1) is 13.8 Å². The number of fused-ring (bicyclic) bond motifs is 3. The number of aryl methyl sites for hydroxylation is 1. The molecule has 1 saturated heterocycles. The minimum Gasteiger partial charge on any atom is -0.369 e. The Kier molecular flexibility index (Phi) is 8.15. The molecule has 1 heterocycles. The molecule has 0 unspecified atom stereocenters. The quantitative estimate of drug-likeness (QED) is 0.342. The van der Waals surface area contributed by atoms with Crippen molar-refractivity contribution in [2.24, 2.45) is 0 Å². The second-order valence-corrected chi connectivity index (χ2v) is 9.72. The summed E-state index contributed by atoms with van der Waals surface area (Å²) in [7, 11) is 0. The highest BCUT2D eigenvalue weighted by atomic mass is 35.5. The van der Waals surface area contributed by atoms with E-state index in [1.807, 2.05) is 6.07 Å². The lowest BCUT2D eigenvalue weighted by molar-refractivity contribution is 0.0952. The van der Waals surface area contributed by atoms with Gasteiger partial charge in [-0.25, -0.2) is 0 Å². The van der Waals surface area contributed by atoms with Crippen molar-refractivity contribution in [3.63, 3.8) is 0 Å². The summed E-state index contributed by atoms with van der Waals surface area (Å²) < 4.78 is 0. The van der Waals surface area contributed by atoms with Crippen molar-refractivity contribution in [3.05, 3.63) is 88.5 Å². The third-order valence-corrected chi connectivity index (χ3v) is 7.53. The highest BCUT2D eigenvalue weighted by molar-refractivity contribution is 5.95. The van der Waals surface area contributed by atoms with Gasteiger partial charge in [-0.05, 0) is 91.2 Å². The van der Waals surface area contributed by atoms with Crippen molar-refractivity contribution >= 4 is 24.0 Å². The SMILES string of the molecule is Cc1cccc(N2CCN(CCCCNC(=O)c3ccc4c(c3)Cc3ccccc3-4)CC2)c1C.Cl. The Bertz CT molecular complexity index is 1180. The number of amides is 1. The van der Waals surface area contributed by atoms with Crippen LogP contribution in [0.15, 0.2) is 60.7 Å². The molecule has 4 nitrogen and oxygen atoms in total. The summed E-state index contributed by atoms with van der Waals surface area (Å²) in [5.74, 6) is 0.0425. The molecule has 0 aromatic heterocycles. The van der Waals surface area contributed by atoms with Gasteiger partial charge in [0.1, 0.15) is 0 Å². The van der Waals surface area contributed by atoms with E-state index < -0.39 is 0 Å². The minimum atomic E-state index is 0. The molecule has 0 radical (unpaired) electrons. The first-order valence-corrected chi connectivity index (χ1v) is 12.6. The second kappa shape index (κ2) is 11.3. The fraction of sp³-hybridized carbons (Fsp3) is 0.367. The molecule has 5 heteroatoms.